The largest absolute Gasteiger partial charge is 0.105 e. The van der Waals surface area contributed by atoms with Crippen LogP contribution in [0.5, 0.6) is 0 Å². The third-order valence-corrected chi connectivity index (χ3v) is 2.59. The standard InChI is InChI=1S/C8H10P2/c1-5-6(2)8(10)4-3-7(5)9/h3-4H,1-2,9-10H2. The van der Waals surface area contributed by atoms with Gasteiger partial charge in [0.1, 0.15) is 0 Å². The maximum atomic E-state index is 3.88. The minimum atomic E-state index is 1.01. The molecule has 0 radical (unpaired) electrons. The molecule has 2 heteroatoms. The lowest BCUT2D eigenvalue weighted by Gasteiger charge is -1.96. The van der Waals surface area contributed by atoms with Gasteiger partial charge in [-0.2, -0.15) is 0 Å². The van der Waals surface area contributed by atoms with Gasteiger partial charge in [0.15, 0.2) is 0 Å². The van der Waals surface area contributed by atoms with E-state index in [9.17, 15) is 0 Å². The van der Waals surface area contributed by atoms with Crippen molar-refractivity contribution in [1.82, 2.24) is 0 Å². The van der Waals surface area contributed by atoms with Crippen molar-refractivity contribution in [3.8, 4) is 0 Å². The van der Waals surface area contributed by atoms with Gasteiger partial charge >= 0.3 is 0 Å². The highest BCUT2D eigenvalue weighted by Crippen LogP contribution is 1.80. The second-order valence-electron chi connectivity index (χ2n) is 2.20. The summed E-state index contributed by atoms with van der Waals surface area (Å²) in [6, 6.07) is 4.04. The highest BCUT2D eigenvalue weighted by molar-refractivity contribution is 7.28. The topological polar surface area (TPSA) is 0 Å². The summed E-state index contributed by atoms with van der Waals surface area (Å²) in [6.07, 6.45) is 0. The molecule has 2 unspecified atom stereocenters. The molecule has 0 bridgehead atoms. The first-order chi connectivity index (χ1) is 4.63. The maximum Gasteiger partial charge on any atom is -0.0184 e. The van der Waals surface area contributed by atoms with Gasteiger partial charge in [-0.15, -0.1) is 18.5 Å². The lowest BCUT2D eigenvalue weighted by Crippen LogP contribution is -2.40. The van der Waals surface area contributed by atoms with Crippen LogP contribution in [0.15, 0.2) is 12.1 Å². The summed E-state index contributed by atoms with van der Waals surface area (Å²) in [5.74, 6) is 0. The van der Waals surface area contributed by atoms with Gasteiger partial charge in [0, 0.05) is 0 Å². The third-order valence-electron chi connectivity index (χ3n) is 1.50. The van der Waals surface area contributed by atoms with E-state index in [-0.39, 0.29) is 0 Å². The smallest absolute Gasteiger partial charge is 0.0184 e. The zero-order chi connectivity index (χ0) is 7.72. The highest BCUT2D eigenvalue weighted by atomic mass is 31.0. The summed E-state index contributed by atoms with van der Waals surface area (Å²) >= 11 is 0. The summed E-state index contributed by atoms with van der Waals surface area (Å²) in [5, 5.41) is 4.27. The first-order valence-corrected chi connectivity index (χ1v) is 4.10. The van der Waals surface area contributed by atoms with Gasteiger partial charge in [0.2, 0.25) is 0 Å². The van der Waals surface area contributed by atoms with Crippen LogP contribution in [0, 0.1) is 0 Å². The number of rotatable bonds is 0. The van der Waals surface area contributed by atoms with Gasteiger partial charge in [0.25, 0.3) is 0 Å². The fourth-order valence-electron chi connectivity index (χ4n) is 0.729. The quantitative estimate of drug-likeness (QED) is 0.458. The fraction of sp³-hybridized carbons (Fsp3) is 0. The Kier molecular flexibility index (Phi) is 2.24. The monoisotopic (exact) mass is 168 g/mol. The molecule has 0 spiro atoms. The van der Waals surface area contributed by atoms with E-state index in [1.54, 1.807) is 0 Å². The van der Waals surface area contributed by atoms with Crippen molar-refractivity contribution in [3.05, 3.63) is 22.6 Å². The van der Waals surface area contributed by atoms with Crippen LogP contribution >= 0.6 is 18.5 Å². The molecular weight excluding hydrogens is 158 g/mol. The van der Waals surface area contributed by atoms with Crippen LogP contribution in [0.25, 0.3) is 13.2 Å². The molecule has 0 nitrogen and oxygen atoms in total. The van der Waals surface area contributed by atoms with Crippen LogP contribution < -0.4 is 21.0 Å². The second kappa shape index (κ2) is 2.82. The summed E-state index contributed by atoms with van der Waals surface area (Å²) in [7, 11) is 5.26. The summed E-state index contributed by atoms with van der Waals surface area (Å²) in [5.41, 5.74) is 0. The van der Waals surface area contributed by atoms with E-state index in [0.717, 1.165) is 21.0 Å². The van der Waals surface area contributed by atoms with E-state index in [1.165, 1.54) is 0 Å². The molecule has 1 rings (SSSR count). The van der Waals surface area contributed by atoms with E-state index in [1.807, 2.05) is 12.1 Å². The molecule has 0 saturated carbocycles. The SMILES string of the molecule is C=c1c(P)ccc(P)c1=C. The van der Waals surface area contributed by atoms with Gasteiger partial charge < -0.3 is 0 Å². The molecule has 1 aromatic rings. The van der Waals surface area contributed by atoms with Crippen molar-refractivity contribution < 1.29 is 0 Å². The van der Waals surface area contributed by atoms with Gasteiger partial charge in [-0.25, -0.2) is 0 Å². The first kappa shape index (κ1) is 7.92. The van der Waals surface area contributed by atoms with Crippen molar-refractivity contribution in [1.29, 1.82) is 0 Å². The number of hydrogen-bond donors (Lipinski definition) is 0. The minimum absolute atomic E-state index is 1.01. The van der Waals surface area contributed by atoms with Crippen molar-refractivity contribution in [2.24, 2.45) is 0 Å². The van der Waals surface area contributed by atoms with E-state index in [4.69, 9.17) is 0 Å². The van der Waals surface area contributed by atoms with Crippen molar-refractivity contribution in [2.45, 2.75) is 0 Å². The predicted molar refractivity (Wildman–Crippen MR) is 55.4 cm³/mol. The highest BCUT2D eigenvalue weighted by Gasteiger charge is 1.89. The summed E-state index contributed by atoms with van der Waals surface area (Å²) < 4.78 is 0. The maximum absolute atomic E-state index is 3.88. The molecule has 10 heavy (non-hydrogen) atoms. The fourth-order valence-corrected chi connectivity index (χ4v) is 1.27. The Morgan fingerprint density at radius 3 is 1.50 bits per heavy atom. The zero-order valence-corrected chi connectivity index (χ0v) is 8.03. The average Bonchev–Trinajstić information content (AvgIpc) is 1.93. The van der Waals surface area contributed by atoms with Crippen molar-refractivity contribution in [3.63, 3.8) is 0 Å². The molecule has 0 aromatic heterocycles. The van der Waals surface area contributed by atoms with Crippen LogP contribution in [0.4, 0.5) is 0 Å². The van der Waals surface area contributed by atoms with Crippen LogP contribution in [0.1, 0.15) is 0 Å². The molecule has 1 aromatic carbocycles. The van der Waals surface area contributed by atoms with Crippen LogP contribution in [-0.4, -0.2) is 0 Å². The number of hydrogen-bond acceptors (Lipinski definition) is 0. The molecule has 0 saturated heterocycles. The van der Waals surface area contributed by atoms with Gasteiger partial charge in [-0.05, 0) is 21.0 Å². The van der Waals surface area contributed by atoms with Gasteiger partial charge in [-0.3, -0.25) is 0 Å². The first-order valence-electron chi connectivity index (χ1n) is 2.95. The molecular formula is C8H10P2. The summed E-state index contributed by atoms with van der Waals surface area (Å²) in [4.78, 5) is 0. The van der Waals surface area contributed by atoms with E-state index < -0.39 is 0 Å². The Hall–Kier alpha value is -0.180. The second-order valence-corrected chi connectivity index (χ2v) is 3.45. The number of benzene rings is 1. The molecule has 52 valence electrons. The third kappa shape index (κ3) is 1.29. The van der Waals surface area contributed by atoms with Crippen LogP contribution in [-0.2, 0) is 0 Å². The van der Waals surface area contributed by atoms with Gasteiger partial charge in [0.05, 0.1) is 0 Å². The predicted octanol–water partition coefficient (Wildman–Crippen LogP) is -0.492. The lowest BCUT2D eigenvalue weighted by atomic mass is 10.3. The molecule has 0 heterocycles. The minimum Gasteiger partial charge on any atom is -0.105 e. The zero-order valence-electron chi connectivity index (χ0n) is 5.72. The van der Waals surface area contributed by atoms with E-state index >= 15 is 0 Å². The Morgan fingerprint density at radius 2 is 1.20 bits per heavy atom. The van der Waals surface area contributed by atoms with Crippen molar-refractivity contribution >= 4 is 42.2 Å². The molecule has 0 aliphatic rings. The van der Waals surface area contributed by atoms with Gasteiger partial charge in [-0.1, -0.05) is 25.3 Å². The normalized spacial score (nSPS) is 9.80. The molecule has 0 amide bonds. The Bertz CT molecular complexity index is 306. The average molecular weight is 168 g/mol. The van der Waals surface area contributed by atoms with E-state index in [0.29, 0.717) is 0 Å². The lowest BCUT2D eigenvalue weighted by molar-refractivity contribution is 1.66. The molecule has 0 N–H and O–H groups in total. The molecule has 0 aliphatic carbocycles. The molecule has 2 atom stereocenters. The Morgan fingerprint density at radius 1 is 0.900 bits per heavy atom. The molecule has 0 aliphatic heterocycles. The summed E-state index contributed by atoms with van der Waals surface area (Å²) in [6.45, 7) is 7.77. The molecule has 0 fully saturated rings. The van der Waals surface area contributed by atoms with Crippen LogP contribution in [0.3, 0.4) is 0 Å². The van der Waals surface area contributed by atoms with Crippen molar-refractivity contribution in [2.75, 3.05) is 0 Å². The Balaban J connectivity index is 3.67. The van der Waals surface area contributed by atoms with E-state index in [2.05, 4.69) is 31.6 Å². The Labute approximate surface area is 65.4 Å². The van der Waals surface area contributed by atoms with Crippen LogP contribution in [0.2, 0.25) is 0 Å².